The Labute approximate surface area is 307 Å². The van der Waals surface area contributed by atoms with E-state index in [2.05, 4.69) is 20.1 Å². The summed E-state index contributed by atoms with van der Waals surface area (Å²) in [6.45, 7) is 11.3. The van der Waals surface area contributed by atoms with Crippen molar-refractivity contribution in [2.45, 2.75) is 194 Å². The second kappa shape index (κ2) is 14.3. The lowest BCUT2D eigenvalue weighted by Gasteiger charge is -2.47. The van der Waals surface area contributed by atoms with E-state index in [-0.39, 0.29) is 122 Å². The number of aliphatic hydroxyl groups excluding tert-OH is 1. The van der Waals surface area contributed by atoms with Crippen LogP contribution in [-0.2, 0) is 47.4 Å². The predicted octanol–water partition coefficient (Wildman–Crippen LogP) is 3.44. The number of nitrogens with two attached hydrogens (primary N) is 1. The minimum Gasteiger partial charge on any atom is -0.392 e. The number of fused-ring (bicyclic) bond motifs is 6. The van der Waals surface area contributed by atoms with Crippen LogP contribution in [0.1, 0.15) is 90.4 Å². The largest absolute Gasteiger partial charge is 0.392 e. The molecule has 12 heteroatoms. The molecular formula is C40H59NO11. The predicted molar refractivity (Wildman–Crippen MR) is 186 cm³/mol. The lowest BCUT2D eigenvalue weighted by molar-refractivity contribution is -0.292. The Morgan fingerprint density at radius 2 is 1.56 bits per heavy atom. The van der Waals surface area contributed by atoms with Crippen molar-refractivity contribution in [3.63, 3.8) is 0 Å². The number of Topliss-reactive ketones (excluding diaryl/α,β-unsaturated/α-hetero) is 1. The third kappa shape index (κ3) is 6.59. The zero-order valence-corrected chi connectivity index (χ0v) is 30.8. The van der Waals surface area contributed by atoms with E-state index in [0.717, 1.165) is 56.1 Å². The molecule has 4 unspecified atom stereocenters. The van der Waals surface area contributed by atoms with Gasteiger partial charge in [-0.3, -0.25) is 4.79 Å². The minimum atomic E-state index is -0.780. The molecule has 0 radical (unpaired) electrons. The maximum atomic E-state index is 14.1. The van der Waals surface area contributed by atoms with E-state index in [1.54, 1.807) is 7.11 Å². The van der Waals surface area contributed by atoms with Crippen LogP contribution in [-0.4, -0.2) is 128 Å². The summed E-state index contributed by atoms with van der Waals surface area (Å²) in [7, 11) is 1.66. The molecule has 0 aliphatic carbocycles. The third-order valence-electron chi connectivity index (χ3n) is 14.0. The van der Waals surface area contributed by atoms with Crippen LogP contribution in [0.4, 0.5) is 0 Å². The summed E-state index contributed by atoms with van der Waals surface area (Å²) in [5, 5.41) is 10.5. The second-order valence-corrected chi connectivity index (χ2v) is 17.4. The zero-order chi connectivity index (χ0) is 35.9. The van der Waals surface area contributed by atoms with Gasteiger partial charge in [0.1, 0.15) is 36.3 Å². The Bertz CT molecular complexity index is 1380. The molecule has 19 atom stereocenters. The first-order valence-corrected chi connectivity index (χ1v) is 20.2. The van der Waals surface area contributed by atoms with Crippen molar-refractivity contribution in [2.75, 3.05) is 13.7 Å². The van der Waals surface area contributed by atoms with E-state index in [0.29, 0.717) is 25.7 Å². The van der Waals surface area contributed by atoms with Gasteiger partial charge in [-0.15, -0.1) is 0 Å². The molecule has 0 saturated carbocycles. The smallest absolute Gasteiger partial charge is 0.172 e. The van der Waals surface area contributed by atoms with Crippen LogP contribution in [0.25, 0.3) is 0 Å². The summed E-state index contributed by atoms with van der Waals surface area (Å²) in [6, 6.07) is 0. The fourth-order valence-electron chi connectivity index (χ4n) is 11.3. The van der Waals surface area contributed by atoms with Gasteiger partial charge >= 0.3 is 0 Å². The Hall–Kier alpha value is -1.29. The van der Waals surface area contributed by atoms with Gasteiger partial charge in [-0.05, 0) is 62.0 Å². The Morgan fingerprint density at radius 3 is 2.38 bits per heavy atom. The van der Waals surface area contributed by atoms with Crippen molar-refractivity contribution in [2.24, 2.45) is 17.6 Å². The number of rotatable bonds is 4. The second-order valence-electron chi connectivity index (χ2n) is 17.4. The average molecular weight is 730 g/mol. The fraction of sp³-hybridized carbons (Fsp3) is 0.875. The standard InChI is InChI=1S/C40H59NO11/c1-19-11-24-5-7-28-20(2)12-26(45-28)9-10-40-17-33-36(51-40)37-38(50-33)39(52-40)35-29(49-37)8-6-25(47-35)13-22(42)14-27-31(16-30(46-24)21(19)3)48-32(34(27)44-4)15-23(43)18-41/h19,23-39,43H,2-3,5-18,41H2,1,4H3/t19-,23+,24+,25-,26+,27?,28?,29+,30?,31+,32-,33-,34-,35+,36+,37+,38?,39+,40+/m1/s1. The number of ketones is 1. The summed E-state index contributed by atoms with van der Waals surface area (Å²) < 4.78 is 60.0. The molecule has 10 saturated heterocycles. The van der Waals surface area contributed by atoms with Gasteiger partial charge < -0.3 is 53.5 Å². The van der Waals surface area contributed by atoms with Crippen LogP contribution >= 0.6 is 0 Å². The molecule has 0 amide bonds. The molecule has 10 aliphatic rings. The first-order valence-electron chi connectivity index (χ1n) is 20.2. The third-order valence-corrected chi connectivity index (χ3v) is 14.0. The van der Waals surface area contributed by atoms with Crippen LogP contribution in [0, 0.1) is 11.8 Å². The van der Waals surface area contributed by atoms with Crippen molar-refractivity contribution in [1.29, 1.82) is 0 Å². The number of carbonyl (C=O) groups is 1. The highest BCUT2D eigenvalue weighted by molar-refractivity contribution is 5.79. The van der Waals surface area contributed by atoms with Crippen LogP contribution < -0.4 is 5.73 Å². The molecule has 52 heavy (non-hydrogen) atoms. The summed E-state index contributed by atoms with van der Waals surface area (Å²) in [4.78, 5) is 14.1. The van der Waals surface area contributed by atoms with Crippen molar-refractivity contribution in [1.82, 2.24) is 0 Å². The molecular weight excluding hydrogens is 670 g/mol. The monoisotopic (exact) mass is 729 g/mol. The number of carbonyl (C=O) groups excluding carboxylic acids is 1. The van der Waals surface area contributed by atoms with Crippen LogP contribution in [0.3, 0.4) is 0 Å². The maximum Gasteiger partial charge on any atom is 0.172 e. The molecule has 3 N–H and O–H groups in total. The van der Waals surface area contributed by atoms with E-state index in [1.165, 1.54) is 0 Å². The van der Waals surface area contributed by atoms with E-state index < -0.39 is 18.0 Å². The molecule has 10 heterocycles. The maximum absolute atomic E-state index is 14.1. The van der Waals surface area contributed by atoms with Crippen molar-refractivity contribution in [3.8, 4) is 0 Å². The molecule has 1 spiro atoms. The van der Waals surface area contributed by atoms with Crippen LogP contribution in [0.2, 0.25) is 0 Å². The molecule has 10 rings (SSSR count). The number of methoxy groups -OCH3 is 1. The molecule has 10 fully saturated rings. The highest BCUT2D eigenvalue weighted by Crippen LogP contribution is 2.54. The summed E-state index contributed by atoms with van der Waals surface area (Å²) in [5.41, 5.74) is 8.01. The molecule has 12 bridgehead atoms. The quantitative estimate of drug-likeness (QED) is 0.409. The number of ether oxygens (including phenoxy) is 9. The highest BCUT2D eigenvalue weighted by Gasteiger charge is 2.68. The van der Waals surface area contributed by atoms with Gasteiger partial charge in [0.2, 0.25) is 0 Å². The fourth-order valence-corrected chi connectivity index (χ4v) is 11.3. The Morgan fingerprint density at radius 1 is 0.808 bits per heavy atom. The minimum absolute atomic E-state index is 0.0158. The normalized spacial score (nSPS) is 52.4. The highest BCUT2D eigenvalue weighted by atomic mass is 16.8. The van der Waals surface area contributed by atoms with Crippen LogP contribution in [0.15, 0.2) is 24.3 Å². The Balaban J connectivity index is 0.994. The van der Waals surface area contributed by atoms with E-state index >= 15 is 0 Å². The van der Waals surface area contributed by atoms with Gasteiger partial charge in [-0.25, -0.2) is 0 Å². The van der Waals surface area contributed by atoms with Gasteiger partial charge in [-0.2, -0.15) is 0 Å². The summed E-state index contributed by atoms with van der Waals surface area (Å²) in [6.07, 6.45) is 4.85. The van der Waals surface area contributed by atoms with Crippen molar-refractivity contribution in [3.05, 3.63) is 24.3 Å². The van der Waals surface area contributed by atoms with E-state index in [1.807, 2.05) is 0 Å². The zero-order valence-electron chi connectivity index (χ0n) is 30.8. The Kier molecular flexibility index (Phi) is 10.0. The van der Waals surface area contributed by atoms with Gasteiger partial charge in [0.15, 0.2) is 5.79 Å². The molecule has 10 aliphatic heterocycles. The number of hydrogen-bond donors (Lipinski definition) is 2. The van der Waals surface area contributed by atoms with E-state index in [9.17, 15) is 9.90 Å². The van der Waals surface area contributed by atoms with Gasteiger partial charge in [0.05, 0.1) is 67.1 Å². The summed E-state index contributed by atoms with van der Waals surface area (Å²) in [5.74, 6) is -0.619. The van der Waals surface area contributed by atoms with Gasteiger partial charge in [0, 0.05) is 58.1 Å². The molecule has 0 aromatic carbocycles. The SMILES string of the molecule is C=C1C[C@@H]2CC[C@@]34C[C@H]5OC6[C@@H](O[C@H]7CC[C@H](CC(=O)CC8[C@H](CC9O[C@@H](CCC1O2)C[C@@H](C)C9=C)O[C@H](C[C@H](O)CN)[C@@H]8OC)O[C@@H]7[C@@H]6O3)[C@H]5O4. The topological polar surface area (TPSA) is 146 Å². The van der Waals surface area contributed by atoms with Gasteiger partial charge in [-0.1, -0.05) is 20.1 Å². The molecule has 0 aromatic heterocycles. The lowest BCUT2D eigenvalue weighted by Crippen LogP contribution is -2.61. The van der Waals surface area contributed by atoms with Gasteiger partial charge in [0.25, 0.3) is 0 Å². The summed E-state index contributed by atoms with van der Waals surface area (Å²) >= 11 is 0. The van der Waals surface area contributed by atoms with Crippen LogP contribution in [0.5, 0.6) is 0 Å². The molecule has 290 valence electrons. The van der Waals surface area contributed by atoms with E-state index in [4.69, 9.17) is 48.4 Å². The molecule has 12 nitrogen and oxygen atoms in total. The average Bonchev–Trinajstić information content (AvgIpc) is 3.79. The number of hydrogen-bond acceptors (Lipinski definition) is 12. The first kappa shape index (κ1) is 36.4. The number of aliphatic hydroxyl groups is 1. The first-order chi connectivity index (χ1) is 25.1. The van der Waals surface area contributed by atoms with Crippen molar-refractivity contribution < 1.29 is 52.5 Å². The lowest BCUT2D eigenvalue weighted by atomic mass is 9.81. The molecule has 0 aromatic rings. The van der Waals surface area contributed by atoms with Crippen molar-refractivity contribution >= 4 is 5.78 Å².